The minimum Gasteiger partial charge on any atom is -0.462 e. The second-order valence-corrected chi connectivity index (χ2v) is 27.2. The average molecular weight is 1260 g/mol. The van der Waals surface area contributed by atoms with Gasteiger partial charge >= 0.3 is 39.5 Å². The third-order valence-electron chi connectivity index (χ3n) is 15.3. The van der Waals surface area contributed by atoms with Crippen molar-refractivity contribution in [1.82, 2.24) is 0 Å². The molecule has 0 aliphatic heterocycles. The Kier molecular flexibility index (Phi) is 58.3. The van der Waals surface area contributed by atoms with E-state index < -0.39 is 97.5 Å². The highest BCUT2D eigenvalue weighted by molar-refractivity contribution is 7.47. The van der Waals surface area contributed by atoms with E-state index in [1.165, 1.54) is 154 Å². The molecule has 0 aliphatic rings. The van der Waals surface area contributed by atoms with E-state index in [2.05, 4.69) is 34.6 Å². The third kappa shape index (κ3) is 60.7. The summed E-state index contributed by atoms with van der Waals surface area (Å²) in [6.45, 7) is 7.09. The summed E-state index contributed by atoms with van der Waals surface area (Å²) in [5.41, 5.74) is 0. The first-order valence-electron chi connectivity index (χ1n) is 34.6. The van der Waals surface area contributed by atoms with E-state index >= 15 is 0 Å². The van der Waals surface area contributed by atoms with Gasteiger partial charge in [0.15, 0.2) is 12.2 Å². The molecule has 2 unspecified atom stereocenters. The fourth-order valence-electron chi connectivity index (χ4n) is 9.94. The number of aliphatic hydroxyl groups is 1. The monoisotopic (exact) mass is 1250 g/mol. The molecule has 0 bridgehead atoms. The van der Waals surface area contributed by atoms with Gasteiger partial charge in [-0.05, 0) is 31.6 Å². The quantitative estimate of drug-likeness (QED) is 0.0222. The lowest BCUT2D eigenvalue weighted by Crippen LogP contribution is -2.30. The van der Waals surface area contributed by atoms with Crippen molar-refractivity contribution in [3.63, 3.8) is 0 Å². The fourth-order valence-corrected chi connectivity index (χ4v) is 11.5. The maximum Gasteiger partial charge on any atom is 0.472 e. The number of hydrogen-bond donors (Lipinski definition) is 3. The Morgan fingerprint density at radius 3 is 0.800 bits per heavy atom. The van der Waals surface area contributed by atoms with Gasteiger partial charge < -0.3 is 33.8 Å². The molecule has 0 aromatic rings. The maximum atomic E-state index is 13.0. The summed E-state index contributed by atoms with van der Waals surface area (Å²) in [6.07, 6.45) is 44.9. The van der Waals surface area contributed by atoms with Gasteiger partial charge in [-0.25, -0.2) is 9.13 Å². The van der Waals surface area contributed by atoms with Crippen LogP contribution in [0.2, 0.25) is 0 Å². The van der Waals surface area contributed by atoms with Crippen LogP contribution in [0.3, 0.4) is 0 Å². The molecule has 0 fully saturated rings. The Morgan fingerprint density at radius 1 is 0.318 bits per heavy atom. The van der Waals surface area contributed by atoms with E-state index in [0.717, 1.165) is 102 Å². The first-order chi connectivity index (χ1) is 41.0. The van der Waals surface area contributed by atoms with Crippen molar-refractivity contribution >= 4 is 39.5 Å². The highest BCUT2D eigenvalue weighted by Gasteiger charge is 2.30. The molecule has 0 rings (SSSR count). The second kappa shape index (κ2) is 59.7. The maximum absolute atomic E-state index is 13.0. The molecule has 17 nitrogen and oxygen atoms in total. The van der Waals surface area contributed by atoms with Crippen LogP contribution in [0.5, 0.6) is 0 Å². The van der Waals surface area contributed by atoms with Gasteiger partial charge in [-0.3, -0.25) is 37.3 Å². The van der Waals surface area contributed by atoms with Crippen molar-refractivity contribution in [3.05, 3.63) is 0 Å². The molecule has 0 saturated heterocycles. The van der Waals surface area contributed by atoms with Crippen molar-refractivity contribution in [1.29, 1.82) is 0 Å². The lowest BCUT2D eigenvalue weighted by Gasteiger charge is -2.21. The molecule has 0 aromatic heterocycles. The molecular formula is C66H128O17P2. The molecule has 85 heavy (non-hydrogen) atoms. The number of ether oxygens (including phenoxy) is 4. The molecule has 0 radical (unpaired) electrons. The number of carbonyl (C=O) groups is 4. The van der Waals surface area contributed by atoms with Crippen LogP contribution in [0.1, 0.15) is 336 Å². The van der Waals surface area contributed by atoms with Gasteiger partial charge in [0.1, 0.15) is 19.3 Å². The zero-order chi connectivity index (χ0) is 62.8. The summed E-state index contributed by atoms with van der Waals surface area (Å²) in [5, 5.41) is 10.5. The molecule has 19 heteroatoms. The Balaban J connectivity index is 5.14. The number of phosphoric acid groups is 2. The van der Waals surface area contributed by atoms with Gasteiger partial charge in [0, 0.05) is 25.7 Å². The zero-order valence-corrected chi connectivity index (χ0v) is 56.5. The van der Waals surface area contributed by atoms with Gasteiger partial charge in [-0.1, -0.05) is 285 Å². The van der Waals surface area contributed by atoms with Crippen molar-refractivity contribution in [3.8, 4) is 0 Å². The number of unbranched alkanes of at least 4 members (excludes halogenated alkanes) is 38. The molecule has 0 aliphatic carbocycles. The van der Waals surface area contributed by atoms with Crippen molar-refractivity contribution in [2.75, 3.05) is 39.6 Å². The molecule has 0 heterocycles. The summed E-state index contributed by atoms with van der Waals surface area (Å²) in [7, 11) is -9.88. The van der Waals surface area contributed by atoms with E-state index in [1.54, 1.807) is 0 Å². The number of hydrogen-bond acceptors (Lipinski definition) is 15. The SMILES string of the molecule is CCCCCCCCCCCCCCCCCCCCC(=O)O[C@H](COC(=O)CCCCCCCCCCC(C)C)COP(=O)(O)OC[C@@H](O)COP(=O)(O)OC[C@@H](COC(=O)CCCCCCC)OC(=O)CCCCCCCCCCCCC. The molecular weight excluding hydrogens is 1130 g/mol. The van der Waals surface area contributed by atoms with Gasteiger partial charge in [-0.2, -0.15) is 0 Å². The minimum absolute atomic E-state index is 0.106. The van der Waals surface area contributed by atoms with Crippen molar-refractivity contribution < 1.29 is 80.2 Å². The highest BCUT2D eigenvalue weighted by atomic mass is 31.2. The summed E-state index contributed by atoms with van der Waals surface area (Å²) in [6, 6.07) is 0. The standard InChI is InChI=1S/C66H128O17P2/c1-6-9-12-15-17-19-21-22-23-24-25-26-27-29-31-37-42-47-52-66(71)83-62(56-77-64(69)50-45-40-35-33-32-34-39-43-48-59(4)5)58-81-85(74,75)79-54-60(67)53-78-84(72,73)80-57-61(55-76-63(68)49-44-38-14-11-8-3)82-65(70)51-46-41-36-30-28-20-18-16-13-10-7-2/h59-62,67H,6-58H2,1-5H3,(H,72,73)(H,74,75)/t60-,61+,62+/m0/s1. The van der Waals surface area contributed by atoms with Crippen LogP contribution >= 0.6 is 15.6 Å². The minimum atomic E-state index is -4.94. The van der Waals surface area contributed by atoms with E-state index in [4.69, 9.17) is 37.0 Å². The van der Waals surface area contributed by atoms with Crippen LogP contribution in [-0.2, 0) is 65.4 Å². The van der Waals surface area contributed by atoms with E-state index in [9.17, 15) is 43.2 Å². The summed E-state index contributed by atoms with van der Waals surface area (Å²) < 4.78 is 67.9. The Hall–Kier alpha value is -1.94. The predicted molar refractivity (Wildman–Crippen MR) is 340 cm³/mol. The first-order valence-corrected chi connectivity index (χ1v) is 37.6. The smallest absolute Gasteiger partial charge is 0.462 e. The van der Waals surface area contributed by atoms with Gasteiger partial charge in [0.2, 0.25) is 0 Å². The molecule has 0 spiro atoms. The van der Waals surface area contributed by atoms with Crippen LogP contribution in [-0.4, -0.2) is 96.7 Å². The van der Waals surface area contributed by atoms with Crippen LogP contribution in [0.15, 0.2) is 0 Å². The lowest BCUT2D eigenvalue weighted by atomic mass is 10.0. The second-order valence-electron chi connectivity index (χ2n) is 24.3. The summed E-state index contributed by atoms with van der Waals surface area (Å²) >= 11 is 0. The fraction of sp³-hybridized carbons (Fsp3) is 0.939. The summed E-state index contributed by atoms with van der Waals surface area (Å²) in [5.74, 6) is -1.41. The Labute approximate surface area is 517 Å². The van der Waals surface area contributed by atoms with Crippen LogP contribution in [0.4, 0.5) is 0 Å². The molecule has 5 atom stereocenters. The Morgan fingerprint density at radius 2 is 0.541 bits per heavy atom. The summed E-state index contributed by atoms with van der Waals surface area (Å²) in [4.78, 5) is 72.0. The Bertz CT molecular complexity index is 1650. The lowest BCUT2D eigenvalue weighted by molar-refractivity contribution is -0.161. The molecule has 3 N–H and O–H groups in total. The number of carbonyl (C=O) groups excluding carboxylic acids is 4. The first kappa shape index (κ1) is 83.1. The van der Waals surface area contributed by atoms with Crippen LogP contribution in [0, 0.1) is 5.92 Å². The molecule has 504 valence electrons. The third-order valence-corrected chi connectivity index (χ3v) is 17.2. The average Bonchev–Trinajstić information content (AvgIpc) is 3.60. The van der Waals surface area contributed by atoms with Gasteiger partial charge in [0.25, 0.3) is 0 Å². The van der Waals surface area contributed by atoms with Crippen LogP contribution < -0.4 is 0 Å². The van der Waals surface area contributed by atoms with E-state index in [0.29, 0.717) is 25.7 Å². The zero-order valence-electron chi connectivity index (χ0n) is 54.7. The molecule has 0 amide bonds. The van der Waals surface area contributed by atoms with Gasteiger partial charge in [0.05, 0.1) is 26.4 Å². The topological polar surface area (TPSA) is 237 Å². The largest absolute Gasteiger partial charge is 0.472 e. The molecule has 0 saturated carbocycles. The normalized spacial score (nSPS) is 14.2. The predicted octanol–water partition coefficient (Wildman–Crippen LogP) is 18.6. The van der Waals surface area contributed by atoms with Crippen LogP contribution in [0.25, 0.3) is 0 Å². The van der Waals surface area contributed by atoms with Crippen molar-refractivity contribution in [2.24, 2.45) is 5.92 Å². The number of esters is 4. The number of aliphatic hydroxyl groups excluding tert-OH is 1. The van der Waals surface area contributed by atoms with Crippen molar-refractivity contribution in [2.45, 2.75) is 355 Å². The van der Waals surface area contributed by atoms with Gasteiger partial charge in [-0.15, -0.1) is 0 Å². The highest BCUT2D eigenvalue weighted by Crippen LogP contribution is 2.45. The number of phosphoric ester groups is 2. The molecule has 0 aromatic carbocycles. The number of rotatable bonds is 66. The van der Waals surface area contributed by atoms with E-state index in [-0.39, 0.29) is 25.7 Å². The van der Waals surface area contributed by atoms with E-state index in [1.807, 2.05) is 0 Å².